The lowest BCUT2D eigenvalue weighted by Gasteiger charge is -2.41. The predicted octanol–water partition coefficient (Wildman–Crippen LogP) is 1.20. The van der Waals surface area contributed by atoms with Gasteiger partial charge in [0.2, 0.25) is 5.91 Å². The Morgan fingerprint density at radius 3 is 2.39 bits per heavy atom. The molecule has 2 aliphatic rings. The van der Waals surface area contributed by atoms with Crippen molar-refractivity contribution in [1.82, 2.24) is 9.80 Å². The summed E-state index contributed by atoms with van der Waals surface area (Å²) in [7, 11) is 0. The van der Waals surface area contributed by atoms with Crippen molar-refractivity contribution in [1.29, 1.82) is 0 Å². The highest BCUT2D eigenvalue weighted by atomic mass is 16.2. The van der Waals surface area contributed by atoms with Crippen LogP contribution in [0.5, 0.6) is 0 Å². The summed E-state index contributed by atoms with van der Waals surface area (Å²) < 4.78 is 0. The van der Waals surface area contributed by atoms with Crippen molar-refractivity contribution in [3.63, 3.8) is 0 Å². The van der Waals surface area contributed by atoms with Gasteiger partial charge in [0, 0.05) is 31.2 Å². The molecule has 1 saturated carbocycles. The summed E-state index contributed by atoms with van der Waals surface area (Å²) in [6, 6.07) is 1.07. The van der Waals surface area contributed by atoms with E-state index in [1.165, 1.54) is 32.1 Å². The zero-order valence-corrected chi connectivity index (χ0v) is 11.8. The Bertz CT molecular complexity index is 281. The van der Waals surface area contributed by atoms with Crippen LogP contribution in [0.4, 0.5) is 0 Å². The van der Waals surface area contributed by atoms with Gasteiger partial charge in [-0.1, -0.05) is 19.3 Å². The third-order valence-corrected chi connectivity index (χ3v) is 4.16. The highest BCUT2D eigenvalue weighted by molar-refractivity contribution is 5.79. The van der Waals surface area contributed by atoms with Crippen LogP contribution in [0.1, 0.15) is 46.0 Å². The summed E-state index contributed by atoms with van der Waals surface area (Å²) in [4.78, 5) is 16.7. The second-order valence-corrected chi connectivity index (χ2v) is 6.14. The fourth-order valence-electron chi connectivity index (χ4n) is 3.28. The van der Waals surface area contributed by atoms with Crippen LogP contribution in [-0.4, -0.2) is 53.5 Å². The van der Waals surface area contributed by atoms with E-state index in [4.69, 9.17) is 5.73 Å². The molecule has 1 amide bonds. The Morgan fingerprint density at radius 2 is 1.89 bits per heavy atom. The minimum Gasteiger partial charge on any atom is -0.336 e. The highest BCUT2D eigenvalue weighted by Gasteiger charge is 2.31. The lowest BCUT2D eigenvalue weighted by Crippen LogP contribution is -2.59. The monoisotopic (exact) mass is 253 g/mol. The first-order valence-electron chi connectivity index (χ1n) is 7.37. The number of nitrogens with two attached hydrogens (primary N) is 1. The molecule has 1 aliphatic carbocycles. The summed E-state index contributed by atoms with van der Waals surface area (Å²) >= 11 is 0. The second-order valence-electron chi connectivity index (χ2n) is 6.14. The maximum Gasteiger partial charge on any atom is 0.237 e. The molecule has 1 heterocycles. The van der Waals surface area contributed by atoms with Crippen LogP contribution < -0.4 is 5.73 Å². The number of carbonyl (C=O) groups excluding carboxylic acids is 1. The SMILES string of the molecule is CC(C)N(C(=O)CN1CC(N)C1)C1CCCCC1. The van der Waals surface area contributed by atoms with E-state index in [0.717, 1.165) is 13.1 Å². The number of hydrogen-bond acceptors (Lipinski definition) is 3. The van der Waals surface area contributed by atoms with E-state index in [2.05, 4.69) is 23.6 Å². The maximum absolute atomic E-state index is 12.4. The molecule has 18 heavy (non-hydrogen) atoms. The average molecular weight is 253 g/mol. The fraction of sp³-hybridized carbons (Fsp3) is 0.929. The van der Waals surface area contributed by atoms with Gasteiger partial charge in [0.25, 0.3) is 0 Å². The normalized spacial score (nSPS) is 23.1. The van der Waals surface area contributed by atoms with E-state index in [9.17, 15) is 4.79 Å². The summed E-state index contributed by atoms with van der Waals surface area (Å²) in [5.74, 6) is 0.295. The lowest BCUT2D eigenvalue weighted by atomic mass is 9.93. The summed E-state index contributed by atoms with van der Waals surface area (Å²) in [5.41, 5.74) is 5.76. The average Bonchev–Trinajstić information content (AvgIpc) is 2.28. The van der Waals surface area contributed by atoms with Crippen molar-refractivity contribution in [2.24, 2.45) is 5.73 Å². The largest absolute Gasteiger partial charge is 0.336 e. The van der Waals surface area contributed by atoms with Crippen molar-refractivity contribution in [2.45, 2.75) is 64.1 Å². The number of nitrogens with zero attached hydrogens (tertiary/aromatic N) is 2. The van der Waals surface area contributed by atoms with Gasteiger partial charge in [-0.05, 0) is 26.7 Å². The third-order valence-electron chi connectivity index (χ3n) is 4.16. The maximum atomic E-state index is 12.4. The van der Waals surface area contributed by atoms with Crippen LogP contribution >= 0.6 is 0 Å². The van der Waals surface area contributed by atoms with Gasteiger partial charge < -0.3 is 10.6 Å². The topological polar surface area (TPSA) is 49.6 Å². The van der Waals surface area contributed by atoms with Gasteiger partial charge in [0.05, 0.1) is 6.54 Å². The third kappa shape index (κ3) is 3.23. The fourth-order valence-corrected chi connectivity index (χ4v) is 3.28. The van der Waals surface area contributed by atoms with Gasteiger partial charge in [-0.15, -0.1) is 0 Å². The minimum atomic E-state index is 0.278. The molecule has 1 saturated heterocycles. The summed E-state index contributed by atoms with van der Waals surface area (Å²) in [6.45, 7) is 6.58. The molecular formula is C14H27N3O. The second kappa shape index (κ2) is 6.02. The molecule has 0 aromatic rings. The molecular weight excluding hydrogens is 226 g/mol. The van der Waals surface area contributed by atoms with Crippen molar-refractivity contribution in [2.75, 3.05) is 19.6 Å². The van der Waals surface area contributed by atoms with Crippen LogP contribution in [-0.2, 0) is 4.79 Å². The molecule has 104 valence electrons. The van der Waals surface area contributed by atoms with Gasteiger partial charge in [-0.2, -0.15) is 0 Å². The van der Waals surface area contributed by atoms with Crippen LogP contribution in [0, 0.1) is 0 Å². The van der Waals surface area contributed by atoms with Crippen LogP contribution in [0.2, 0.25) is 0 Å². The first kappa shape index (κ1) is 13.8. The Labute approximate surface area is 110 Å². The standard InChI is InChI=1S/C14H27N3O/c1-11(2)17(13-6-4-3-5-7-13)14(18)10-16-8-12(15)9-16/h11-13H,3-10,15H2,1-2H3. The number of amides is 1. The molecule has 4 heteroatoms. The quantitative estimate of drug-likeness (QED) is 0.819. The van der Waals surface area contributed by atoms with Crippen molar-refractivity contribution in [3.05, 3.63) is 0 Å². The first-order chi connectivity index (χ1) is 8.58. The van der Waals surface area contributed by atoms with E-state index in [-0.39, 0.29) is 6.04 Å². The van der Waals surface area contributed by atoms with E-state index in [0.29, 0.717) is 24.5 Å². The van der Waals surface area contributed by atoms with Gasteiger partial charge in [-0.3, -0.25) is 9.69 Å². The van der Waals surface area contributed by atoms with Gasteiger partial charge >= 0.3 is 0 Å². The van der Waals surface area contributed by atoms with Crippen LogP contribution in [0.15, 0.2) is 0 Å². The summed E-state index contributed by atoms with van der Waals surface area (Å²) in [6.07, 6.45) is 6.25. The van der Waals surface area contributed by atoms with Crippen molar-refractivity contribution in [3.8, 4) is 0 Å². The molecule has 0 unspecified atom stereocenters. The Morgan fingerprint density at radius 1 is 1.28 bits per heavy atom. The Hall–Kier alpha value is -0.610. The molecule has 0 aromatic heterocycles. The molecule has 0 aromatic carbocycles. The van der Waals surface area contributed by atoms with Crippen LogP contribution in [0.25, 0.3) is 0 Å². The number of rotatable bonds is 4. The van der Waals surface area contributed by atoms with Crippen molar-refractivity contribution >= 4 is 5.91 Å². The Kier molecular flexibility index (Phi) is 4.62. The zero-order valence-electron chi connectivity index (χ0n) is 11.8. The van der Waals surface area contributed by atoms with Gasteiger partial charge in [0.15, 0.2) is 0 Å². The molecule has 0 atom stereocenters. The first-order valence-corrected chi connectivity index (χ1v) is 7.37. The molecule has 0 bridgehead atoms. The van der Waals surface area contributed by atoms with E-state index in [1.807, 2.05) is 0 Å². The van der Waals surface area contributed by atoms with Gasteiger partial charge in [-0.25, -0.2) is 0 Å². The molecule has 2 rings (SSSR count). The highest BCUT2D eigenvalue weighted by Crippen LogP contribution is 2.24. The van der Waals surface area contributed by atoms with Crippen LogP contribution in [0.3, 0.4) is 0 Å². The number of hydrogen-bond donors (Lipinski definition) is 1. The number of likely N-dealkylation sites (tertiary alicyclic amines) is 1. The lowest BCUT2D eigenvalue weighted by molar-refractivity contribution is -0.138. The van der Waals surface area contributed by atoms with E-state index < -0.39 is 0 Å². The molecule has 2 fully saturated rings. The zero-order chi connectivity index (χ0) is 13.1. The molecule has 4 nitrogen and oxygen atoms in total. The molecule has 1 aliphatic heterocycles. The van der Waals surface area contributed by atoms with E-state index >= 15 is 0 Å². The minimum absolute atomic E-state index is 0.278. The van der Waals surface area contributed by atoms with Gasteiger partial charge in [0.1, 0.15) is 0 Å². The van der Waals surface area contributed by atoms with E-state index in [1.54, 1.807) is 0 Å². The smallest absolute Gasteiger partial charge is 0.237 e. The molecule has 0 spiro atoms. The molecule has 0 radical (unpaired) electrons. The molecule has 2 N–H and O–H groups in total. The summed E-state index contributed by atoms with van der Waals surface area (Å²) in [5, 5.41) is 0. The number of carbonyl (C=O) groups is 1. The van der Waals surface area contributed by atoms with Crippen molar-refractivity contribution < 1.29 is 4.79 Å². The predicted molar refractivity (Wildman–Crippen MR) is 73.3 cm³/mol. The Balaban J connectivity index is 1.89.